The molecule has 0 radical (unpaired) electrons. The first kappa shape index (κ1) is 27.6. The van der Waals surface area contributed by atoms with Crippen molar-refractivity contribution in [3.63, 3.8) is 0 Å². The molecule has 0 amide bonds. The van der Waals surface area contributed by atoms with Gasteiger partial charge in [-0.1, -0.05) is 103 Å². The summed E-state index contributed by atoms with van der Waals surface area (Å²) in [6, 6.07) is 16.3. The Hall–Kier alpha value is -1.62. The van der Waals surface area contributed by atoms with Crippen molar-refractivity contribution in [2.24, 2.45) is 23.2 Å². The summed E-state index contributed by atoms with van der Waals surface area (Å²) in [4.78, 5) is 0. The Morgan fingerprint density at radius 1 is 0.818 bits per heavy atom. The maximum atomic E-state index is 9.47. The third-order valence-electron chi connectivity index (χ3n) is 7.95. The summed E-state index contributed by atoms with van der Waals surface area (Å²) in [6.45, 7) is 16.5. The molecule has 4 unspecified atom stereocenters. The van der Waals surface area contributed by atoms with E-state index in [-0.39, 0.29) is 12.0 Å². The van der Waals surface area contributed by atoms with E-state index in [4.69, 9.17) is 0 Å². The van der Waals surface area contributed by atoms with Crippen LogP contribution in [0, 0.1) is 23.2 Å². The fourth-order valence-electron chi connectivity index (χ4n) is 4.94. The molecule has 182 valence electrons. The summed E-state index contributed by atoms with van der Waals surface area (Å²) >= 11 is 0. The van der Waals surface area contributed by atoms with E-state index >= 15 is 0 Å². The molecule has 2 rings (SSSR count). The third kappa shape index (κ3) is 7.70. The summed E-state index contributed by atoms with van der Waals surface area (Å²) in [6.07, 6.45) is 3.39. The van der Waals surface area contributed by atoms with Gasteiger partial charge in [0, 0.05) is 0 Å². The molecule has 0 aliphatic heterocycles. The van der Waals surface area contributed by atoms with Gasteiger partial charge in [0.1, 0.15) is 0 Å². The Labute approximate surface area is 202 Å². The largest absolute Gasteiger partial charge is 0.488 e. The van der Waals surface area contributed by atoms with Gasteiger partial charge in [0.2, 0.25) is 0 Å². The molecule has 0 saturated carbocycles. The molecule has 0 bridgehead atoms. The molecule has 4 heteroatoms. The first-order valence-corrected chi connectivity index (χ1v) is 12.6. The lowest BCUT2D eigenvalue weighted by molar-refractivity contribution is 0.207. The van der Waals surface area contributed by atoms with Gasteiger partial charge in [-0.15, -0.1) is 0 Å². The molecule has 0 fully saturated rings. The van der Waals surface area contributed by atoms with Gasteiger partial charge in [-0.25, -0.2) is 0 Å². The van der Waals surface area contributed by atoms with Crippen molar-refractivity contribution in [1.29, 1.82) is 0 Å². The highest BCUT2D eigenvalue weighted by Crippen LogP contribution is 2.44. The van der Waals surface area contributed by atoms with Crippen molar-refractivity contribution in [2.75, 3.05) is 0 Å². The van der Waals surface area contributed by atoms with Gasteiger partial charge in [-0.05, 0) is 70.0 Å². The Kier molecular flexibility index (Phi) is 10.2. The molecule has 0 aromatic heterocycles. The first-order chi connectivity index (χ1) is 15.5. The minimum Gasteiger partial charge on any atom is -0.423 e. The van der Waals surface area contributed by atoms with E-state index in [1.165, 1.54) is 11.1 Å². The monoisotopic (exact) mass is 452 g/mol. The summed E-state index contributed by atoms with van der Waals surface area (Å²) < 4.78 is 0. The van der Waals surface area contributed by atoms with Crippen LogP contribution >= 0.6 is 0 Å². The van der Waals surface area contributed by atoms with Gasteiger partial charge < -0.3 is 15.2 Å². The van der Waals surface area contributed by atoms with Crippen molar-refractivity contribution in [1.82, 2.24) is 0 Å². The lowest BCUT2D eigenvalue weighted by Gasteiger charge is -2.37. The van der Waals surface area contributed by atoms with Crippen LogP contribution in [0.1, 0.15) is 96.3 Å². The summed E-state index contributed by atoms with van der Waals surface area (Å²) in [5.41, 5.74) is 4.41. The Morgan fingerprint density at radius 2 is 1.33 bits per heavy atom. The van der Waals surface area contributed by atoms with Crippen molar-refractivity contribution >= 4 is 12.6 Å². The van der Waals surface area contributed by atoms with Crippen LogP contribution in [0.15, 0.2) is 48.5 Å². The Bertz CT molecular complexity index is 827. The lowest BCUT2D eigenvalue weighted by atomic mass is 9.68. The fourth-order valence-corrected chi connectivity index (χ4v) is 4.94. The maximum absolute atomic E-state index is 9.47. The topological polar surface area (TPSA) is 60.7 Å². The Morgan fingerprint density at radius 3 is 1.79 bits per heavy atom. The maximum Gasteiger partial charge on any atom is 0.488 e. The summed E-state index contributed by atoms with van der Waals surface area (Å²) in [7, 11) is -1.42. The van der Waals surface area contributed by atoms with E-state index in [1.54, 1.807) is 0 Å². The van der Waals surface area contributed by atoms with E-state index < -0.39 is 7.12 Å². The zero-order chi connectivity index (χ0) is 24.8. The number of rotatable bonds is 12. The molecule has 3 nitrogen and oxygen atoms in total. The SMILES string of the molecule is CCC(C)(C)CC(c1ccc(CO)cc1)C(C)C(C)CC(c1ccc(B(O)O)cc1)C(C)C. The molecule has 2 aromatic rings. The lowest BCUT2D eigenvalue weighted by Crippen LogP contribution is -2.29. The molecule has 4 atom stereocenters. The van der Waals surface area contributed by atoms with Crippen molar-refractivity contribution in [3.8, 4) is 0 Å². The van der Waals surface area contributed by atoms with Crippen LogP contribution in [-0.2, 0) is 6.61 Å². The molecule has 0 spiro atoms. The Balaban J connectivity index is 2.28. The van der Waals surface area contributed by atoms with E-state index in [0.29, 0.717) is 35.1 Å². The van der Waals surface area contributed by atoms with E-state index in [0.717, 1.165) is 24.8 Å². The second kappa shape index (κ2) is 12.2. The van der Waals surface area contributed by atoms with Crippen molar-refractivity contribution in [2.45, 2.75) is 86.2 Å². The van der Waals surface area contributed by atoms with Crippen LogP contribution in [0.25, 0.3) is 0 Å². The minimum atomic E-state index is -1.42. The molecule has 0 aliphatic rings. The predicted molar refractivity (Wildman–Crippen MR) is 141 cm³/mol. The number of aliphatic hydroxyl groups excluding tert-OH is 1. The summed E-state index contributed by atoms with van der Waals surface area (Å²) in [5.74, 6) is 2.41. The molecule has 2 aromatic carbocycles. The number of aliphatic hydroxyl groups is 1. The molecular formula is C29H45BO3. The van der Waals surface area contributed by atoms with Gasteiger partial charge in [-0.2, -0.15) is 0 Å². The average Bonchev–Trinajstić information content (AvgIpc) is 2.80. The van der Waals surface area contributed by atoms with Gasteiger partial charge in [-0.3, -0.25) is 0 Å². The highest BCUT2D eigenvalue weighted by atomic mass is 16.4. The molecule has 3 N–H and O–H groups in total. The zero-order valence-electron chi connectivity index (χ0n) is 21.8. The first-order valence-electron chi connectivity index (χ1n) is 12.6. The second-order valence-corrected chi connectivity index (χ2v) is 11.2. The third-order valence-corrected chi connectivity index (χ3v) is 7.95. The van der Waals surface area contributed by atoms with E-state index in [2.05, 4.69) is 84.9 Å². The van der Waals surface area contributed by atoms with Crippen LogP contribution < -0.4 is 5.46 Å². The van der Waals surface area contributed by atoms with Crippen LogP contribution in [-0.4, -0.2) is 22.3 Å². The van der Waals surface area contributed by atoms with Crippen LogP contribution in [0.4, 0.5) is 0 Å². The van der Waals surface area contributed by atoms with E-state index in [9.17, 15) is 15.2 Å². The minimum absolute atomic E-state index is 0.0829. The standard InChI is InChI=1S/C29H45BO3/c1-8-29(6,7)18-28(25-11-9-23(19-31)10-12-25)22(5)21(4)17-27(20(2)3)24-13-15-26(16-14-24)30(32)33/h9-16,20-22,27-28,31-33H,8,17-19H2,1-7H3. The van der Waals surface area contributed by atoms with Crippen molar-refractivity contribution < 1.29 is 15.2 Å². The highest BCUT2D eigenvalue weighted by Gasteiger charge is 2.31. The van der Waals surface area contributed by atoms with E-state index in [1.807, 2.05) is 12.1 Å². The smallest absolute Gasteiger partial charge is 0.423 e. The predicted octanol–water partition coefficient (Wildman–Crippen LogP) is 5.87. The number of benzene rings is 2. The molecule has 0 aliphatic carbocycles. The highest BCUT2D eigenvalue weighted by molar-refractivity contribution is 6.58. The summed E-state index contributed by atoms with van der Waals surface area (Å²) in [5, 5.41) is 28.3. The van der Waals surface area contributed by atoms with Crippen LogP contribution in [0.2, 0.25) is 0 Å². The van der Waals surface area contributed by atoms with Crippen molar-refractivity contribution in [3.05, 3.63) is 65.2 Å². The van der Waals surface area contributed by atoms with Gasteiger partial charge in [0.15, 0.2) is 0 Å². The molecule has 0 saturated heterocycles. The van der Waals surface area contributed by atoms with Crippen LogP contribution in [0.5, 0.6) is 0 Å². The van der Waals surface area contributed by atoms with Gasteiger partial charge >= 0.3 is 7.12 Å². The average molecular weight is 452 g/mol. The van der Waals surface area contributed by atoms with Gasteiger partial charge in [0.25, 0.3) is 0 Å². The quantitative estimate of drug-likeness (QED) is 0.353. The second-order valence-electron chi connectivity index (χ2n) is 11.2. The number of hydrogen-bond donors (Lipinski definition) is 3. The molecular weight excluding hydrogens is 407 g/mol. The molecule has 0 heterocycles. The molecule has 33 heavy (non-hydrogen) atoms. The zero-order valence-corrected chi connectivity index (χ0v) is 21.8. The normalized spacial score (nSPS) is 15.8. The van der Waals surface area contributed by atoms with Crippen LogP contribution in [0.3, 0.4) is 0 Å². The fraction of sp³-hybridized carbons (Fsp3) is 0.586. The van der Waals surface area contributed by atoms with Gasteiger partial charge in [0.05, 0.1) is 6.61 Å². The number of hydrogen-bond acceptors (Lipinski definition) is 3.